The van der Waals surface area contributed by atoms with Crippen molar-refractivity contribution in [3.8, 4) is 12.3 Å². The van der Waals surface area contributed by atoms with E-state index in [-0.39, 0.29) is 5.56 Å². The molecular weight excluding hydrogens is 256 g/mol. The van der Waals surface area contributed by atoms with Crippen LogP contribution in [0.5, 0.6) is 0 Å². The van der Waals surface area contributed by atoms with Gasteiger partial charge in [-0.25, -0.2) is 5.10 Å². The molecule has 0 spiro atoms. The van der Waals surface area contributed by atoms with Gasteiger partial charge >= 0.3 is 0 Å². The Bertz CT molecular complexity index is 663. The molecule has 0 fully saturated rings. The molecule has 1 aromatic carbocycles. The monoisotopic (exact) mass is 268 g/mol. The Labute approximate surface area is 115 Å². The highest BCUT2D eigenvalue weighted by molar-refractivity contribution is 7.99. The van der Waals surface area contributed by atoms with Gasteiger partial charge in [0.05, 0.1) is 11.4 Å². The molecule has 3 nitrogen and oxygen atoms in total. The molecule has 0 saturated carbocycles. The van der Waals surface area contributed by atoms with Crippen molar-refractivity contribution in [1.29, 1.82) is 0 Å². The minimum atomic E-state index is -0.204. The van der Waals surface area contributed by atoms with Crippen molar-refractivity contribution in [2.75, 3.05) is 5.75 Å². The number of thioether (sulfide) groups is 1. The van der Waals surface area contributed by atoms with Gasteiger partial charge in [-0.3, -0.25) is 4.79 Å². The quantitative estimate of drug-likeness (QED) is 0.685. The molecule has 0 unspecified atom stereocenters. The second kappa shape index (κ2) is 6.62. The zero-order chi connectivity index (χ0) is 13.5. The van der Waals surface area contributed by atoms with Gasteiger partial charge in [-0.05, 0) is 29.8 Å². The van der Waals surface area contributed by atoms with E-state index in [2.05, 4.69) is 22.2 Å². The van der Waals surface area contributed by atoms with E-state index in [0.717, 1.165) is 10.5 Å². The molecule has 19 heavy (non-hydrogen) atoms. The highest BCUT2D eigenvalue weighted by Crippen LogP contribution is 2.19. The smallest absolute Gasteiger partial charge is 0.264 e. The van der Waals surface area contributed by atoms with E-state index in [0.29, 0.717) is 11.4 Å². The number of H-pyrrole nitrogens is 1. The van der Waals surface area contributed by atoms with Crippen LogP contribution in [0.3, 0.4) is 0 Å². The third-order valence-electron chi connectivity index (χ3n) is 2.33. The maximum Gasteiger partial charge on any atom is 0.264 e. The molecule has 0 atom stereocenters. The summed E-state index contributed by atoms with van der Waals surface area (Å²) in [5.74, 6) is 3.26. The predicted molar refractivity (Wildman–Crippen MR) is 79.8 cm³/mol. The minimum Gasteiger partial charge on any atom is -0.268 e. The number of nitrogens with one attached hydrogen (secondary N) is 1. The van der Waals surface area contributed by atoms with Crippen molar-refractivity contribution < 1.29 is 0 Å². The van der Waals surface area contributed by atoms with Gasteiger partial charge in [-0.1, -0.05) is 24.1 Å². The Morgan fingerprint density at radius 1 is 1.32 bits per heavy atom. The zero-order valence-corrected chi connectivity index (χ0v) is 11.0. The Hall–Kier alpha value is -2.25. The lowest BCUT2D eigenvalue weighted by molar-refractivity contribution is 0.977. The third-order valence-corrected chi connectivity index (χ3v) is 3.23. The third kappa shape index (κ3) is 4.16. The van der Waals surface area contributed by atoms with E-state index < -0.39 is 0 Å². The van der Waals surface area contributed by atoms with Gasteiger partial charge in [-0.15, -0.1) is 18.2 Å². The fourth-order valence-corrected chi connectivity index (χ4v) is 2.11. The molecule has 1 heterocycles. The van der Waals surface area contributed by atoms with Crippen LogP contribution in [0.1, 0.15) is 11.3 Å². The number of aromatic amines is 1. The molecule has 2 aromatic rings. The molecule has 0 bridgehead atoms. The number of hydrogen-bond acceptors (Lipinski definition) is 3. The Kier molecular flexibility index (Phi) is 4.60. The minimum absolute atomic E-state index is 0.204. The lowest BCUT2D eigenvalue weighted by atomic mass is 10.2. The molecule has 0 aliphatic rings. The fourth-order valence-electron chi connectivity index (χ4n) is 1.46. The number of benzene rings is 1. The number of nitrogens with zero attached hydrogens (tertiary/aromatic N) is 1. The second-order valence-corrected chi connectivity index (χ2v) is 4.79. The van der Waals surface area contributed by atoms with Crippen LogP contribution < -0.4 is 5.56 Å². The van der Waals surface area contributed by atoms with Gasteiger partial charge in [0.25, 0.3) is 5.56 Å². The molecule has 0 radical (unpaired) electrons. The van der Waals surface area contributed by atoms with Crippen molar-refractivity contribution in [1.82, 2.24) is 10.2 Å². The first-order chi connectivity index (χ1) is 9.28. The van der Waals surface area contributed by atoms with E-state index in [1.165, 1.54) is 6.07 Å². The highest BCUT2D eigenvalue weighted by Gasteiger charge is 1.94. The van der Waals surface area contributed by atoms with Crippen LogP contribution in [0.25, 0.3) is 12.2 Å². The standard InChI is InChI=1S/C15H12N2OS/c1-2-10-19-14-5-3-4-12(11-14)6-7-13-8-9-15(18)17-16-13/h1,3-9,11H,10H2,(H,17,18). The first-order valence-electron chi connectivity index (χ1n) is 5.68. The zero-order valence-electron chi connectivity index (χ0n) is 10.2. The predicted octanol–water partition coefficient (Wildman–Crippen LogP) is 2.67. The lowest BCUT2D eigenvalue weighted by Gasteiger charge is -1.99. The van der Waals surface area contributed by atoms with Crippen molar-refractivity contribution in [2.45, 2.75) is 4.90 Å². The largest absolute Gasteiger partial charge is 0.268 e. The molecule has 0 aliphatic carbocycles. The average molecular weight is 268 g/mol. The highest BCUT2D eigenvalue weighted by atomic mass is 32.2. The van der Waals surface area contributed by atoms with Crippen molar-refractivity contribution in [2.24, 2.45) is 0 Å². The molecular formula is C15H12N2OS. The van der Waals surface area contributed by atoms with Gasteiger partial charge in [0.1, 0.15) is 0 Å². The number of rotatable bonds is 4. The first kappa shape index (κ1) is 13.2. The van der Waals surface area contributed by atoms with Crippen LogP contribution in [0.4, 0.5) is 0 Å². The van der Waals surface area contributed by atoms with Crippen molar-refractivity contribution in [3.05, 3.63) is 58.0 Å². The molecule has 0 aliphatic heterocycles. The summed E-state index contributed by atoms with van der Waals surface area (Å²) in [5.41, 5.74) is 1.57. The van der Waals surface area contributed by atoms with Crippen LogP contribution in [-0.2, 0) is 0 Å². The van der Waals surface area contributed by atoms with Gasteiger partial charge < -0.3 is 0 Å². The summed E-state index contributed by atoms with van der Waals surface area (Å²) in [6.07, 6.45) is 9.03. The molecule has 94 valence electrons. The number of terminal acetylenes is 1. The SMILES string of the molecule is C#CCSc1cccc(C=Cc2ccc(=O)[nH]n2)c1. The number of hydrogen-bond donors (Lipinski definition) is 1. The molecule has 0 saturated heterocycles. The summed E-state index contributed by atoms with van der Waals surface area (Å²) < 4.78 is 0. The van der Waals surface area contributed by atoms with Gasteiger partial charge in [-0.2, -0.15) is 5.10 Å². The van der Waals surface area contributed by atoms with Crippen molar-refractivity contribution >= 4 is 23.9 Å². The number of aromatic nitrogens is 2. The Morgan fingerprint density at radius 3 is 2.95 bits per heavy atom. The van der Waals surface area contributed by atoms with E-state index >= 15 is 0 Å². The Morgan fingerprint density at radius 2 is 2.21 bits per heavy atom. The van der Waals surface area contributed by atoms with Crippen molar-refractivity contribution in [3.63, 3.8) is 0 Å². The lowest BCUT2D eigenvalue weighted by Crippen LogP contribution is -2.05. The first-order valence-corrected chi connectivity index (χ1v) is 6.66. The Balaban J connectivity index is 2.12. The molecule has 4 heteroatoms. The van der Waals surface area contributed by atoms with Gasteiger partial charge in [0.15, 0.2) is 0 Å². The van der Waals surface area contributed by atoms with E-state index in [9.17, 15) is 4.79 Å². The van der Waals surface area contributed by atoms with E-state index in [1.807, 2.05) is 30.4 Å². The van der Waals surface area contributed by atoms with Gasteiger partial charge in [0.2, 0.25) is 0 Å². The van der Waals surface area contributed by atoms with Gasteiger partial charge in [0, 0.05) is 11.0 Å². The fraction of sp³-hybridized carbons (Fsp3) is 0.0667. The summed E-state index contributed by atoms with van der Waals surface area (Å²) in [4.78, 5) is 12.0. The van der Waals surface area contributed by atoms with Crippen LogP contribution in [0, 0.1) is 12.3 Å². The molecule has 0 amide bonds. The summed E-state index contributed by atoms with van der Waals surface area (Å²) in [6.45, 7) is 0. The van der Waals surface area contributed by atoms with E-state index in [1.54, 1.807) is 17.8 Å². The van der Waals surface area contributed by atoms with Crippen LogP contribution in [0.15, 0.2) is 46.1 Å². The van der Waals surface area contributed by atoms with Crippen LogP contribution in [-0.4, -0.2) is 16.0 Å². The van der Waals surface area contributed by atoms with Crippen LogP contribution in [0.2, 0.25) is 0 Å². The molecule has 1 aromatic heterocycles. The van der Waals surface area contributed by atoms with Crippen LogP contribution >= 0.6 is 11.8 Å². The summed E-state index contributed by atoms with van der Waals surface area (Å²) in [5, 5.41) is 6.30. The average Bonchev–Trinajstić information content (AvgIpc) is 2.45. The van der Waals surface area contributed by atoms with E-state index in [4.69, 9.17) is 6.42 Å². The summed E-state index contributed by atoms with van der Waals surface area (Å²) in [6, 6.07) is 11.2. The summed E-state index contributed by atoms with van der Waals surface area (Å²) >= 11 is 1.63. The molecule has 1 N–H and O–H groups in total. The topological polar surface area (TPSA) is 45.8 Å². The maximum atomic E-state index is 10.9. The normalized spacial score (nSPS) is 10.5. The molecule has 2 rings (SSSR count). The maximum absolute atomic E-state index is 10.9. The second-order valence-electron chi connectivity index (χ2n) is 3.74. The summed E-state index contributed by atoms with van der Waals surface area (Å²) in [7, 11) is 0.